The third kappa shape index (κ3) is 3.56. The number of hydrogen-bond donors (Lipinski definition) is 0. The molecule has 2 aliphatic carbocycles. The third-order valence-electron chi connectivity index (χ3n) is 5.59. The lowest BCUT2D eigenvalue weighted by Crippen LogP contribution is -2.48. The van der Waals surface area contributed by atoms with Gasteiger partial charge in [-0.05, 0) is 62.8 Å². The zero-order valence-electron chi connectivity index (χ0n) is 15.9. The molecule has 27 heavy (non-hydrogen) atoms. The molecular formula is C22H26O4S. The van der Waals surface area contributed by atoms with Gasteiger partial charge in [0.25, 0.3) is 0 Å². The van der Waals surface area contributed by atoms with E-state index in [4.69, 9.17) is 9.47 Å². The Morgan fingerprint density at radius 1 is 0.963 bits per heavy atom. The van der Waals surface area contributed by atoms with Crippen LogP contribution in [0.25, 0.3) is 0 Å². The molecule has 5 heteroatoms. The number of sulfone groups is 1. The molecule has 1 saturated heterocycles. The van der Waals surface area contributed by atoms with E-state index < -0.39 is 15.6 Å². The summed E-state index contributed by atoms with van der Waals surface area (Å²) in [6.07, 6.45) is 9.35. The van der Waals surface area contributed by atoms with Crippen molar-refractivity contribution in [2.75, 3.05) is 13.2 Å². The van der Waals surface area contributed by atoms with Crippen molar-refractivity contribution in [3.8, 4) is 0 Å². The summed E-state index contributed by atoms with van der Waals surface area (Å²) in [4.78, 5) is 0.843. The molecule has 0 atom stereocenters. The van der Waals surface area contributed by atoms with Gasteiger partial charge in [0.05, 0.1) is 23.0 Å². The molecule has 0 N–H and O–H groups in total. The Morgan fingerprint density at radius 2 is 1.67 bits per heavy atom. The summed E-state index contributed by atoms with van der Waals surface area (Å²) in [6, 6.07) is 8.72. The lowest BCUT2D eigenvalue weighted by molar-refractivity contribution is -0.285. The fourth-order valence-electron chi connectivity index (χ4n) is 4.04. The van der Waals surface area contributed by atoms with E-state index in [-0.39, 0.29) is 5.41 Å². The molecule has 0 radical (unpaired) electrons. The second-order valence-electron chi connectivity index (χ2n) is 8.19. The van der Waals surface area contributed by atoms with Crippen LogP contribution >= 0.6 is 0 Å². The fraction of sp³-hybridized carbons (Fsp3) is 0.455. The number of allylic oxidation sites excluding steroid dienone is 6. The number of fused-ring (bicyclic) bond motifs is 1. The number of rotatable bonds is 2. The quantitative estimate of drug-likeness (QED) is 0.748. The van der Waals surface area contributed by atoms with Gasteiger partial charge in [0.2, 0.25) is 9.84 Å². The zero-order chi connectivity index (χ0) is 19.1. The summed E-state index contributed by atoms with van der Waals surface area (Å²) < 4.78 is 38.9. The molecule has 0 unspecified atom stereocenters. The molecule has 0 aromatic heterocycles. The van der Waals surface area contributed by atoms with E-state index in [0.717, 1.165) is 30.4 Å². The summed E-state index contributed by atoms with van der Waals surface area (Å²) in [5.74, 6) is -0.620. The van der Waals surface area contributed by atoms with E-state index in [1.54, 1.807) is 24.3 Å². The number of benzene rings is 1. The van der Waals surface area contributed by atoms with Gasteiger partial charge < -0.3 is 9.47 Å². The van der Waals surface area contributed by atoms with Gasteiger partial charge in [0.1, 0.15) is 0 Å². The van der Waals surface area contributed by atoms with Gasteiger partial charge >= 0.3 is 0 Å². The van der Waals surface area contributed by atoms with Crippen molar-refractivity contribution < 1.29 is 17.9 Å². The summed E-state index contributed by atoms with van der Waals surface area (Å²) in [5, 5.41) is 0. The average molecular weight is 387 g/mol. The first-order chi connectivity index (χ1) is 12.8. The Kier molecular flexibility index (Phi) is 4.65. The molecule has 0 bridgehead atoms. The number of hydrogen-bond acceptors (Lipinski definition) is 4. The van der Waals surface area contributed by atoms with Crippen molar-refractivity contribution in [1.82, 2.24) is 0 Å². The summed E-state index contributed by atoms with van der Waals surface area (Å²) in [7, 11) is -3.58. The van der Waals surface area contributed by atoms with Gasteiger partial charge in [0.15, 0.2) is 5.79 Å². The lowest BCUT2D eigenvalue weighted by atomic mass is 9.73. The van der Waals surface area contributed by atoms with Gasteiger partial charge in [-0.2, -0.15) is 0 Å². The van der Waals surface area contributed by atoms with Crippen LogP contribution in [0.15, 0.2) is 69.5 Å². The van der Waals surface area contributed by atoms with Crippen molar-refractivity contribution in [2.24, 2.45) is 5.41 Å². The second-order valence-corrected chi connectivity index (χ2v) is 10.2. The van der Waals surface area contributed by atoms with Gasteiger partial charge in [-0.15, -0.1) is 0 Å². The first-order valence-corrected chi connectivity index (χ1v) is 11.0. The van der Waals surface area contributed by atoms with E-state index in [9.17, 15) is 8.42 Å². The summed E-state index contributed by atoms with van der Waals surface area (Å²) >= 11 is 0. The molecule has 1 fully saturated rings. The highest BCUT2D eigenvalue weighted by Gasteiger charge is 2.46. The van der Waals surface area contributed by atoms with Crippen molar-refractivity contribution in [3.05, 3.63) is 64.6 Å². The Hall–Kier alpha value is -1.69. The Balaban J connectivity index is 1.82. The molecule has 4 rings (SSSR count). The maximum Gasteiger partial charge on any atom is 0.203 e. The molecule has 0 amide bonds. The molecule has 1 aromatic rings. The minimum Gasteiger partial charge on any atom is -0.350 e. The van der Waals surface area contributed by atoms with Crippen LogP contribution in [-0.4, -0.2) is 27.4 Å². The fourth-order valence-corrected chi connectivity index (χ4v) is 5.82. The monoisotopic (exact) mass is 386 g/mol. The zero-order valence-corrected chi connectivity index (χ0v) is 16.7. The standard InChI is InChI=1S/C22H26O4S/c1-21(2)25-15-22(16-26-21)13-17-9-5-3-8-12-19(17)20(14-22)27(23,24)18-10-6-4-7-11-18/h4,6-12H,3,5,13-16H2,1-2H3. The molecule has 3 aliphatic rings. The van der Waals surface area contributed by atoms with Crippen LogP contribution in [0.3, 0.4) is 0 Å². The normalized spacial score (nSPS) is 24.3. The van der Waals surface area contributed by atoms with Crippen LogP contribution in [0.2, 0.25) is 0 Å². The Morgan fingerprint density at radius 3 is 2.37 bits per heavy atom. The summed E-state index contributed by atoms with van der Waals surface area (Å²) in [6.45, 7) is 4.81. The van der Waals surface area contributed by atoms with Gasteiger partial charge in [-0.25, -0.2) is 8.42 Å². The van der Waals surface area contributed by atoms with Crippen molar-refractivity contribution >= 4 is 9.84 Å². The maximum absolute atomic E-state index is 13.5. The Labute approximate surface area is 161 Å². The van der Waals surface area contributed by atoms with E-state index in [1.807, 2.05) is 26.0 Å². The van der Waals surface area contributed by atoms with Crippen molar-refractivity contribution in [2.45, 2.75) is 50.2 Å². The van der Waals surface area contributed by atoms with E-state index in [1.165, 1.54) is 0 Å². The number of ether oxygens (including phenoxy) is 2. The molecule has 1 aliphatic heterocycles. The van der Waals surface area contributed by atoms with Crippen LogP contribution < -0.4 is 0 Å². The minimum absolute atomic E-state index is 0.333. The van der Waals surface area contributed by atoms with Gasteiger partial charge in [0, 0.05) is 5.41 Å². The molecule has 1 spiro atoms. The SMILES string of the molecule is CC1(C)OCC2(CO1)CC1=CCCC=CC1=C(S(=O)(=O)c1ccccc1)C2. The second kappa shape index (κ2) is 6.73. The van der Waals surface area contributed by atoms with E-state index in [2.05, 4.69) is 12.2 Å². The smallest absolute Gasteiger partial charge is 0.203 e. The maximum atomic E-state index is 13.5. The van der Waals surface area contributed by atoms with Crippen molar-refractivity contribution in [3.63, 3.8) is 0 Å². The van der Waals surface area contributed by atoms with E-state index in [0.29, 0.717) is 29.4 Å². The van der Waals surface area contributed by atoms with Crippen molar-refractivity contribution in [1.29, 1.82) is 0 Å². The first-order valence-electron chi connectivity index (χ1n) is 9.49. The van der Waals surface area contributed by atoms with Gasteiger partial charge in [-0.3, -0.25) is 0 Å². The third-order valence-corrected chi connectivity index (χ3v) is 7.49. The summed E-state index contributed by atoms with van der Waals surface area (Å²) in [5.41, 5.74) is 1.64. The average Bonchev–Trinajstić information content (AvgIpc) is 2.90. The lowest BCUT2D eigenvalue weighted by Gasteiger charge is -2.46. The van der Waals surface area contributed by atoms with Crippen LogP contribution in [0.1, 0.15) is 39.5 Å². The molecule has 1 aromatic carbocycles. The highest BCUT2D eigenvalue weighted by atomic mass is 32.2. The Bertz CT molecular complexity index is 910. The van der Waals surface area contributed by atoms with E-state index >= 15 is 0 Å². The predicted molar refractivity (Wildman–Crippen MR) is 105 cm³/mol. The predicted octanol–water partition coefficient (Wildman–Crippen LogP) is 4.55. The highest BCUT2D eigenvalue weighted by Crippen LogP contribution is 2.49. The molecular weight excluding hydrogens is 360 g/mol. The van der Waals surface area contributed by atoms with Crippen LogP contribution in [0, 0.1) is 5.41 Å². The minimum atomic E-state index is -3.58. The topological polar surface area (TPSA) is 52.6 Å². The van der Waals surface area contributed by atoms with Crippen LogP contribution in [0.4, 0.5) is 0 Å². The molecule has 0 saturated carbocycles. The van der Waals surface area contributed by atoms with Crippen LogP contribution in [0.5, 0.6) is 0 Å². The first kappa shape index (κ1) is 18.7. The van der Waals surface area contributed by atoms with Crippen LogP contribution in [-0.2, 0) is 19.3 Å². The molecule has 144 valence electrons. The molecule has 4 nitrogen and oxygen atoms in total. The van der Waals surface area contributed by atoms with Gasteiger partial charge in [-0.1, -0.05) is 36.4 Å². The highest BCUT2D eigenvalue weighted by molar-refractivity contribution is 7.95. The largest absolute Gasteiger partial charge is 0.350 e. The molecule has 1 heterocycles.